The number of carbonyl (C=O) groups is 1. The third-order valence-corrected chi connectivity index (χ3v) is 0.696. The molecule has 4 heteroatoms. The van der Waals surface area contributed by atoms with E-state index in [4.69, 9.17) is 0 Å². The molecule has 2 nitrogen and oxygen atoms in total. The van der Waals surface area contributed by atoms with E-state index < -0.39 is 17.9 Å². The zero-order valence-electron chi connectivity index (χ0n) is 6.24. The molecular formula is C6H11F2NO. The van der Waals surface area contributed by atoms with Crippen LogP contribution < -0.4 is 5.32 Å². The summed E-state index contributed by atoms with van der Waals surface area (Å²) in [7, 11) is 0. The summed E-state index contributed by atoms with van der Waals surface area (Å²) in [6.07, 6.45) is -2.92. The summed E-state index contributed by atoms with van der Waals surface area (Å²) in [5.41, 5.74) is -0.576. The number of hydrogen-bond donors (Lipinski definition) is 1. The summed E-state index contributed by atoms with van der Waals surface area (Å²) in [6.45, 7) is 4.94. The Balaban J connectivity index is 3.81. The second kappa shape index (κ2) is 2.94. The molecule has 0 aliphatic carbocycles. The maximum Gasteiger partial charge on any atom is 0.315 e. The van der Waals surface area contributed by atoms with Crippen molar-refractivity contribution in [3.8, 4) is 0 Å². The fraction of sp³-hybridized carbons (Fsp3) is 0.833. The highest BCUT2D eigenvalue weighted by Crippen LogP contribution is 2.01. The Hall–Kier alpha value is -0.670. The molecule has 0 spiro atoms. The highest BCUT2D eigenvalue weighted by atomic mass is 19.3. The topological polar surface area (TPSA) is 29.1 Å². The van der Waals surface area contributed by atoms with Gasteiger partial charge < -0.3 is 5.32 Å². The first kappa shape index (κ1) is 9.33. The zero-order chi connectivity index (χ0) is 8.36. The van der Waals surface area contributed by atoms with Crippen LogP contribution in [0.1, 0.15) is 20.8 Å². The van der Waals surface area contributed by atoms with Gasteiger partial charge in [0.05, 0.1) is 0 Å². The van der Waals surface area contributed by atoms with E-state index in [2.05, 4.69) is 5.32 Å². The van der Waals surface area contributed by atoms with Crippen LogP contribution in [0, 0.1) is 0 Å². The molecule has 0 aromatic carbocycles. The minimum Gasteiger partial charge on any atom is -0.347 e. The maximum atomic E-state index is 11.5. The van der Waals surface area contributed by atoms with Crippen molar-refractivity contribution >= 4 is 5.91 Å². The second-order valence-corrected chi connectivity index (χ2v) is 3.04. The van der Waals surface area contributed by atoms with Crippen LogP contribution in [0.3, 0.4) is 0 Å². The SMILES string of the molecule is CC(C)(C)NC(=O)C(F)F. The average Bonchev–Trinajstić information content (AvgIpc) is 1.60. The first-order valence-corrected chi connectivity index (χ1v) is 2.93. The summed E-state index contributed by atoms with van der Waals surface area (Å²) in [5.74, 6) is -1.22. The summed E-state index contributed by atoms with van der Waals surface area (Å²) < 4.78 is 23.1. The van der Waals surface area contributed by atoms with Crippen molar-refractivity contribution in [2.24, 2.45) is 0 Å². The average molecular weight is 151 g/mol. The van der Waals surface area contributed by atoms with Gasteiger partial charge in [-0.05, 0) is 20.8 Å². The molecule has 60 valence electrons. The monoisotopic (exact) mass is 151 g/mol. The van der Waals surface area contributed by atoms with Crippen LogP contribution in [0.5, 0.6) is 0 Å². The van der Waals surface area contributed by atoms with Gasteiger partial charge >= 0.3 is 6.43 Å². The molecule has 0 heterocycles. The molecule has 0 saturated carbocycles. The first-order chi connectivity index (χ1) is 4.33. The molecule has 0 aliphatic heterocycles. The number of alkyl halides is 2. The quantitative estimate of drug-likeness (QED) is 0.598. The summed E-state index contributed by atoms with van der Waals surface area (Å²) in [5, 5.41) is 2.13. The molecule has 10 heavy (non-hydrogen) atoms. The van der Waals surface area contributed by atoms with Crippen LogP contribution in [-0.4, -0.2) is 17.9 Å². The van der Waals surface area contributed by atoms with E-state index in [1.54, 1.807) is 20.8 Å². The van der Waals surface area contributed by atoms with Gasteiger partial charge in [-0.1, -0.05) is 0 Å². The van der Waals surface area contributed by atoms with Gasteiger partial charge in [0, 0.05) is 5.54 Å². The Kier molecular flexibility index (Phi) is 2.75. The lowest BCUT2D eigenvalue weighted by atomic mass is 10.1. The Morgan fingerprint density at radius 2 is 1.80 bits per heavy atom. The summed E-state index contributed by atoms with van der Waals surface area (Å²) >= 11 is 0. The predicted molar refractivity (Wildman–Crippen MR) is 33.9 cm³/mol. The van der Waals surface area contributed by atoms with Gasteiger partial charge in [-0.3, -0.25) is 4.79 Å². The van der Waals surface area contributed by atoms with E-state index >= 15 is 0 Å². The molecule has 1 amide bonds. The molecule has 0 unspecified atom stereocenters. The third-order valence-electron chi connectivity index (χ3n) is 0.696. The molecule has 0 rings (SSSR count). The lowest BCUT2D eigenvalue weighted by Crippen LogP contribution is -2.43. The normalized spacial score (nSPS) is 11.8. The van der Waals surface area contributed by atoms with E-state index in [1.807, 2.05) is 0 Å². The Morgan fingerprint density at radius 3 is 1.90 bits per heavy atom. The minimum absolute atomic E-state index is 0.576. The van der Waals surface area contributed by atoms with Crippen LogP contribution >= 0.6 is 0 Å². The minimum atomic E-state index is -2.92. The Morgan fingerprint density at radius 1 is 1.40 bits per heavy atom. The smallest absolute Gasteiger partial charge is 0.315 e. The van der Waals surface area contributed by atoms with Crippen LogP contribution in [0.4, 0.5) is 8.78 Å². The summed E-state index contributed by atoms with van der Waals surface area (Å²) in [6, 6.07) is 0. The van der Waals surface area contributed by atoms with Crippen LogP contribution in [0.15, 0.2) is 0 Å². The highest BCUT2D eigenvalue weighted by molar-refractivity contribution is 5.79. The lowest BCUT2D eigenvalue weighted by molar-refractivity contribution is -0.133. The number of hydrogen-bond acceptors (Lipinski definition) is 1. The van der Waals surface area contributed by atoms with Gasteiger partial charge in [0.25, 0.3) is 5.91 Å². The Bertz CT molecular complexity index is 128. The van der Waals surface area contributed by atoms with Crippen molar-refractivity contribution in [2.45, 2.75) is 32.7 Å². The van der Waals surface area contributed by atoms with E-state index in [0.29, 0.717) is 0 Å². The first-order valence-electron chi connectivity index (χ1n) is 2.93. The Labute approximate surface area is 58.6 Å². The van der Waals surface area contributed by atoms with E-state index in [0.717, 1.165) is 0 Å². The number of carbonyl (C=O) groups excluding carboxylic acids is 1. The van der Waals surface area contributed by atoms with Gasteiger partial charge in [-0.25, -0.2) is 0 Å². The number of nitrogens with one attached hydrogen (secondary N) is 1. The van der Waals surface area contributed by atoms with Gasteiger partial charge in [-0.2, -0.15) is 8.78 Å². The number of amides is 1. The van der Waals surface area contributed by atoms with Crippen molar-refractivity contribution in [3.05, 3.63) is 0 Å². The maximum absolute atomic E-state index is 11.5. The van der Waals surface area contributed by atoms with Gasteiger partial charge in [-0.15, -0.1) is 0 Å². The van der Waals surface area contributed by atoms with Crippen molar-refractivity contribution < 1.29 is 13.6 Å². The van der Waals surface area contributed by atoms with Crippen molar-refractivity contribution in [1.82, 2.24) is 5.32 Å². The summed E-state index contributed by atoms with van der Waals surface area (Å²) in [4.78, 5) is 10.3. The fourth-order valence-corrected chi connectivity index (χ4v) is 0.424. The number of rotatable bonds is 1. The molecule has 0 atom stereocenters. The highest BCUT2D eigenvalue weighted by Gasteiger charge is 2.20. The molecule has 0 aromatic heterocycles. The second-order valence-electron chi connectivity index (χ2n) is 3.04. The van der Waals surface area contributed by atoms with E-state index in [9.17, 15) is 13.6 Å². The molecule has 1 N–H and O–H groups in total. The van der Waals surface area contributed by atoms with Crippen LogP contribution in [0.25, 0.3) is 0 Å². The standard InChI is InChI=1S/C6H11F2NO/c1-6(2,3)9-5(10)4(7)8/h4H,1-3H3,(H,9,10). The molecule has 0 aromatic rings. The molecule has 0 radical (unpaired) electrons. The van der Waals surface area contributed by atoms with Gasteiger partial charge in [0.15, 0.2) is 0 Å². The fourth-order valence-electron chi connectivity index (χ4n) is 0.424. The molecule has 0 fully saturated rings. The zero-order valence-corrected chi connectivity index (χ0v) is 6.24. The third kappa shape index (κ3) is 4.23. The van der Waals surface area contributed by atoms with Crippen molar-refractivity contribution in [1.29, 1.82) is 0 Å². The van der Waals surface area contributed by atoms with Gasteiger partial charge in [0.2, 0.25) is 0 Å². The van der Waals surface area contributed by atoms with Crippen LogP contribution in [-0.2, 0) is 4.79 Å². The molecule has 0 saturated heterocycles. The molecule has 0 aliphatic rings. The van der Waals surface area contributed by atoms with E-state index in [-0.39, 0.29) is 0 Å². The number of halogens is 2. The van der Waals surface area contributed by atoms with Crippen molar-refractivity contribution in [2.75, 3.05) is 0 Å². The lowest BCUT2D eigenvalue weighted by Gasteiger charge is -2.19. The van der Waals surface area contributed by atoms with Crippen molar-refractivity contribution in [3.63, 3.8) is 0 Å². The van der Waals surface area contributed by atoms with Crippen LogP contribution in [0.2, 0.25) is 0 Å². The predicted octanol–water partition coefficient (Wildman–Crippen LogP) is 1.17. The molecule has 0 bridgehead atoms. The van der Waals surface area contributed by atoms with E-state index in [1.165, 1.54) is 0 Å². The molecular weight excluding hydrogens is 140 g/mol. The largest absolute Gasteiger partial charge is 0.347 e. The van der Waals surface area contributed by atoms with Gasteiger partial charge in [0.1, 0.15) is 0 Å².